The fraction of sp³-hybridized carbons (Fsp3) is 0.321. The molecule has 1 fully saturated rings. The number of halogens is 1. The van der Waals surface area contributed by atoms with Crippen molar-refractivity contribution in [3.05, 3.63) is 81.9 Å². The van der Waals surface area contributed by atoms with Crippen molar-refractivity contribution in [2.75, 3.05) is 6.54 Å². The molecule has 5 heterocycles. The molecule has 35 heavy (non-hydrogen) atoms. The standard InChI is InChI=1S/C28H29N5O.ClH/c1-16-12-30-27-23(16)11-21(13-31-27)19-9-22-14-33(28(34)20-7-17(2)32-18(3)8-20)15-25(22)24(10-19)26-5-4-6-29-26;/h7-13,26,29H,4-6,14-15H2,1-3H3,(H,30,31);1H. The zero-order valence-electron chi connectivity index (χ0n) is 20.3. The summed E-state index contributed by atoms with van der Waals surface area (Å²) in [6.07, 6.45) is 6.26. The molecule has 1 amide bonds. The van der Waals surface area contributed by atoms with Gasteiger partial charge in [-0.15, -0.1) is 12.4 Å². The van der Waals surface area contributed by atoms with Crippen LogP contribution in [0.15, 0.2) is 42.7 Å². The number of H-pyrrole nitrogens is 1. The van der Waals surface area contributed by atoms with Gasteiger partial charge in [0.15, 0.2) is 0 Å². The Balaban J connectivity index is 0.00000253. The van der Waals surface area contributed by atoms with Crippen molar-refractivity contribution >= 4 is 29.3 Å². The Morgan fingerprint density at radius 3 is 2.57 bits per heavy atom. The van der Waals surface area contributed by atoms with Crippen molar-refractivity contribution in [2.24, 2.45) is 0 Å². The lowest BCUT2D eigenvalue weighted by molar-refractivity contribution is 0.0750. The first-order valence-electron chi connectivity index (χ1n) is 12.0. The number of benzene rings is 1. The summed E-state index contributed by atoms with van der Waals surface area (Å²) < 4.78 is 0. The van der Waals surface area contributed by atoms with Crippen LogP contribution in [0, 0.1) is 20.8 Å². The molecule has 0 bridgehead atoms. The van der Waals surface area contributed by atoms with E-state index in [0.29, 0.717) is 19.1 Å². The average Bonchev–Trinajstić information content (AvgIpc) is 3.57. The van der Waals surface area contributed by atoms with E-state index in [1.54, 1.807) is 0 Å². The molecule has 4 aromatic rings. The lowest BCUT2D eigenvalue weighted by atomic mass is 9.91. The Hall–Kier alpha value is -3.22. The molecule has 180 valence electrons. The number of carbonyl (C=O) groups is 1. The summed E-state index contributed by atoms with van der Waals surface area (Å²) in [4.78, 5) is 27.7. The van der Waals surface area contributed by atoms with Gasteiger partial charge in [-0.2, -0.15) is 0 Å². The fourth-order valence-corrected chi connectivity index (χ4v) is 5.55. The van der Waals surface area contributed by atoms with Crippen molar-refractivity contribution < 1.29 is 4.79 Å². The van der Waals surface area contributed by atoms with Crippen LogP contribution in [-0.4, -0.2) is 32.3 Å². The van der Waals surface area contributed by atoms with E-state index >= 15 is 0 Å². The second kappa shape index (κ2) is 9.10. The molecule has 1 atom stereocenters. The monoisotopic (exact) mass is 487 g/mol. The van der Waals surface area contributed by atoms with Gasteiger partial charge in [-0.25, -0.2) is 4.98 Å². The van der Waals surface area contributed by atoms with Gasteiger partial charge in [0, 0.05) is 59.4 Å². The highest BCUT2D eigenvalue weighted by Crippen LogP contribution is 2.38. The summed E-state index contributed by atoms with van der Waals surface area (Å²) in [5.41, 5.74) is 10.7. The molecule has 7 heteroatoms. The quantitative estimate of drug-likeness (QED) is 0.397. The van der Waals surface area contributed by atoms with Crippen LogP contribution in [0.1, 0.15) is 62.9 Å². The summed E-state index contributed by atoms with van der Waals surface area (Å²) in [7, 11) is 0. The Kier molecular flexibility index (Phi) is 6.11. The van der Waals surface area contributed by atoms with E-state index in [0.717, 1.165) is 46.5 Å². The second-order valence-corrected chi connectivity index (χ2v) is 9.74. The molecule has 2 aliphatic rings. The lowest BCUT2D eigenvalue weighted by Gasteiger charge is -2.18. The highest BCUT2D eigenvalue weighted by molar-refractivity contribution is 5.95. The normalized spacial score (nSPS) is 17.0. The smallest absolute Gasteiger partial charge is 0.254 e. The maximum absolute atomic E-state index is 13.4. The van der Waals surface area contributed by atoms with Crippen LogP contribution in [0.3, 0.4) is 0 Å². The van der Waals surface area contributed by atoms with Gasteiger partial charge in [0.1, 0.15) is 5.65 Å². The first-order chi connectivity index (χ1) is 16.5. The van der Waals surface area contributed by atoms with Gasteiger partial charge in [0.05, 0.1) is 0 Å². The number of nitrogens with one attached hydrogen (secondary N) is 2. The number of amides is 1. The van der Waals surface area contributed by atoms with Gasteiger partial charge in [-0.1, -0.05) is 0 Å². The van der Waals surface area contributed by atoms with Crippen molar-refractivity contribution in [3.8, 4) is 11.1 Å². The van der Waals surface area contributed by atoms with Gasteiger partial charge < -0.3 is 15.2 Å². The maximum Gasteiger partial charge on any atom is 0.254 e. The number of aromatic nitrogens is 3. The van der Waals surface area contributed by atoms with Crippen molar-refractivity contribution in [3.63, 3.8) is 0 Å². The van der Waals surface area contributed by atoms with Crippen LogP contribution in [-0.2, 0) is 13.1 Å². The van der Waals surface area contributed by atoms with Gasteiger partial charge in [-0.3, -0.25) is 9.78 Å². The van der Waals surface area contributed by atoms with Crippen molar-refractivity contribution in [1.29, 1.82) is 0 Å². The Morgan fingerprint density at radius 1 is 1.03 bits per heavy atom. The first kappa shape index (κ1) is 23.5. The minimum Gasteiger partial charge on any atom is -0.346 e. The molecule has 0 aliphatic carbocycles. The predicted octanol–water partition coefficient (Wildman–Crippen LogP) is 5.55. The number of carbonyl (C=O) groups excluding carboxylic acids is 1. The molecular formula is C28H30ClN5O. The molecule has 1 aromatic carbocycles. The molecule has 1 saturated heterocycles. The molecule has 2 N–H and O–H groups in total. The third-order valence-electron chi connectivity index (χ3n) is 7.21. The summed E-state index contributed by atoms with van der Waals surface area (Å²) in [6.45, 7) is 8.30. The SMILES string of the molecule is Cc1cc(C(=O)N2Cc3cc(-c4cnc5[nH]cc(C)c5c4)cc(C4CCCN4)c3C2)cc(C)n1.Cl. The minimum absolute atomic E-state index is 0. The van der Waals surface area contributed by atoms with E-state index < -0.39 is 0 Å². The molecule has 6 rings (SSSR count). The predicted molar refractivity (Wildman–Crippen MR) is 141 cm³/mol. The number of aromatic amines is 1. The average molecular weight is 488 g/mol. The zero-order valence-corrected chi connectivity index (χ0v) is 21.1. The van der Waals surface area contributed by atoms with Crippen LogP contribution in [0.4, 0.5) is 0 Å². The Bertz CT molecular complexity index is 1420. The number of pyridine rings is 2. The fourth-order valence-electron chi connectivity index (χ4n) is 5.55. The molecule has 2 aliphatic heterocycles. The van der Waals surface area contributed by atoms with Crippen molar-refractivity contribution in [2.45, 2.75) is 52.7 Å². The molecular weight excluding hydrogens is 458 g/mol. The topological polar surface area (TPSA) is 73.9 Å². The van der Waals surface area contributed by atoms with Crippen LogP contribution in [0.25, 0.3) is 22.2 Å². The van der Waals surface area contributed by atoms with E-state index in [1.807, 2.05) is 43.3 Å². The number of nitrogens with zero attached hydrogens (tertiary/aromatic N) is 3. The largest absolute Gasteiger partial charge is 0.346 e. The van der Waals surface area contributed by atoms with Gasteiger partial charge in [-0.05, 0) is 98.3 Å². The Morgan fingerprint density at radius 2 is 1.83 bits per heavy atom. The van der Waals surface area contributed by atoms with E-state index in [1.165, 1.54) is 34.2 Å². The number of aryl methyl sites for hydroxylation is 3. The van der Waals surface area contributed by atoms with Crippen molar-refractivity contribution in [1.82, 2.24) is 25.2 Å². The zero-order chi connectivity index (χ0) is 23.4. The maximum atomic E-state index is 13.4. The summed E-state index contributed by atoms with van der Waals surface area (Å²) in [5.74, 6) is 0.0720. The van der Waals surface area contributed by atoms with Crippen LogP contribution in [0.2, 0.25) is 0 Å². The third kappa shape index (κ3) is 4.21. The lowest BCUT2D eigenvalue weighted by Crippen LogP contribution is -2.26. The highest BCUT2D eigenvalue weighted by atomic mass is 35.5. The molecule has 0 radical (unpaired) electrons. The first-order valence-corrected chi connectivity index (χ1v) is 12.0. The van der Waals surface area contributed by atoms with Crippen LogP contribution in [0.5, 0.6) is 0 Å². The van der Waals surface area contributed by atoms with Gasteiger partial charge in [0.2, 0.25) is 0 Å². The summed E-state index contributed by atoms with van der Waals surface area (Å²) >= 11 is 0. The van der Waals surface area contributed by atoms with E-state index in [9.17, 15) is 4.79 Å². The number of rotatable bonds is 3. The number of hydrogen-bond acceptors (Lipinski definition) is 4. The molecule has 0 saturated carbocycles. The molecule has 1 unspecified atom stereocenters. The molecule has 6 nitrogen and oxygen atoms in total. The van der Waals surface area contributed by atoms with Gasteiger partial charge >= 0.3 is 0 Å². The van der Waals surface area contributed by atoms with E-state index in [4.69, 9.17) is 0 Å². The van der Waals surface area contributed by atoms with Crippen LogP contribution < -0.4 is 5.32 Å². The minimum atomic E-state index is 0. The summed E-state index contributed by atoms with van der Waals surface area (Å²) in [5, 5.41) is 4.83. The molecule has 3 aromatic heterocycles. The highest BCUT2D eigenvalue weighted by Gasteiger charge is 2.30. The van der Waals surface area contributed by atoms with E-state index in [-0.39, 0.29) is 18.3 Å². The number of fused-ring (bicyclic) bond motifs is 2. The molecule has 0 spiro atoms. The number of hydrogen-bond donors (Lipinski definition) is 2. The van der Waals surface area contributed by atoms with E-state index in [2.05, 4.69) is 45.4 Å². The second-order valence-electron chi connectivity index (χ2n) is 9.74. The van der Waals surface area contributed by atoms with Gasteiger partial charge in [0.25, 0.3) is 5.91 Å². The Labute approximate surface area is 211 Å². The van der Waals surface area contributed by atoms with Crippen LogP contribution >= 0.6 is 12.4 Å². The third-order valence-corrected chi connectivity index (χ3v) is 7.21. The summed E-state index contributed by atoms with van der Waals surface area (Å²) in [6, 6.07) is 10.9.